The third-order valence-electron chi connectivity index (χ3n) is 2.14. The van der Waals surface area contributed by atoms with Gasteiger partial charge in [0.1, 0.15) is 0 Å². The first kappa shape index (κ1) is 8.16. The number of hydrogen-bond acceptors (Lipinski definition) is 4. The molecule has 13 heavy (non-hydrogen) atoms. The lowest BCUT2D eigenvalue weighted by molar-refractivity contribution is 0.317. The fourth-order valence-electron chi connectivity index (χ4n) is 1.53. The number of anilines is 1. The van der Waals surface area contributed by atoms with Gasteiger partial charge >= 0.3 is 0 Å². The first-order chi connectivity index (χ1) is 6.24. The summed E-state index contributed by atoms with van der Waals surface area (Å²) in [5.74, 6) is 1.31. The molecule has 0 aromatic carbocycles. The van der Waals surface area contributed by atoms with Gasteiger partial charge in [-0.05, 0) is 12.5 Å². The second-order valence-corrected chi connectivity index (χ2v) is 3.10. The van der Waals surface area contributed by atoms with Crippen LogP contribution in [0.1, 0.15) is 5.56 Å². The van der Waals surface area contributed by atoms with Crippen LogP contribution in [0.2, 0.25) is 0 Å². The molecule has 1 aliphatic heterocycles. The maximum absolute atomic E-state index is 5.45. The third kappa shape index (κ3) is 1.09. The number of ether oxygens (including phenoxy) is 2. The molecule has 0 bridgehead atoms. The summed E-state index contributed by atoms with van der Waals surface area (Å²) in [6.07, 6.45) is 1.79. The van der Waals surface area contributed by atoms with Gasteiger partial charge in [-0.3, -0.25) is 0 Å². The van der Waals surface area contributed by atoms with E-state index in [9.17, 15) is 0 Å². The van der Waals surface area contributed by atoms with E-state index >= 15 is 0 Å². The zero-order chi connectivity index (χ0) is 9.42. The van der Waals surface area contributed by atoms with E-state index in [1.165, 1.54) is 0 Å². The summed E-state index contributed by atoms with van der Waals surface area (Å²) in [7, 11) is 3.58. The average molecular weight is 180 g/mol. The lowest BCUT2D eigenvalue weighted by Gasteiger charge is -2.10. The number of rotatable bonds is 1. The van der Waals surface area contributed by atoms with E-state index in [4.69, 9.17) is 9.47 Å². The van der Waals surface area contributed by atoms with Crippen molar-refractivity contribution in [2.45, 2.75) is 6.92 Å². The lowest BCUT2D eigenvalue weighted by atomic mass is 10.2. The normalized spacial score (nSPS) is 13.9. The Balaban J connectivity index is 2.59. The van der Waals surface area contributed by atoms with Crippen LogP contribution in [0.15, 0.2) is 6.20 Å². The van der Waals surface area contributed by atoms with Crippen molar-refractivity contribution in [3.8, 4) is 11.6 Å². The second kappa shape index (κ2) is 2.80. The Labute approximate surface area is 77.1 Å². The molecule has 0 aliphatic carbocycles. The highest BCUT2D eigenvalue weighted by atomic mass is 16.5. The van der Waals surface area contributed by atoms with Gasteiger partial charge in [-0.1, -0.05) is 0 Å². The Kier molecular flexibility index (Phi) is 1.76. The molecule has 4 nitrogen and oxygen atoms in total. The molecule has 0 amide bonds. The molecule has 4 heteroatoms. The van der Waals surface area contributed by atoms with Crippen molar-refractivity contribution in [3.63, 3.8) is 0 Å². The van der Waals surface area contributed by atoms with Crippen LogP contribution in [-0.2, 0) is 0 Å². The smallest absolute Gasteiger partial charge is 0.259 e. The summed E-state index contributed by atoms with van der Waals surface area (Å²) in [5.41, 5.74) is 2.18. The molecule has 0 unspecified atom stereocenters. The van der Waals surface area contributed by atoms with Gasteiger partial charge in [0.25, 0.3) is 5.88 Å². The minimum Gasteiger partial charge on any atom is -0.478 e. The number of pyridine rings is 1. The van der Waals surface area contributed by atoms with Crippen LogP contribution in [-0.4, -0.2) is 25.9 Å². The molecule has 1 aliphatic rings. The highest BCUT2D eigenvalue weighted by Crippen LogP contribution is 2.41. The molecule has 1 aromatic heterocycles. The molecule has 0 spiro atoms. The molecule has 0 radical (unpaired) electrons. The number of methoxy groups -OCH3 is 1. The van der Waals surface area contributed by atoms with Gasteiger partial charge in [0, 0.05) is 13.2 Å². The van der Waals surface area contributed by atoms with Gasteiger partial charge < -0.3 is 14.4 Å². The van der Waals surface area contributed by atoms with E-state index in [1.54, 1.807) is 13.3 Å². The minimum absolute atomic E-state index is 0.560. The van der Waals surface area contributed by atoms with E-state index in [2.05, 4.69) is 4.98 Å². The number of aryl methyl sites for hydroxylation is 1. The molecular weight excluding hydrogens is 168 g/mol. The monoisotopic (exact) mass is 180 g/mol. The van der Waals surface area contributed by atoms with Crippen LogP contribution in [0.5, 0.6) is 11.6 Å². The first-order valence-electron chi connectivity index (χ1n) is 4.11. The quantitative estimate of drug-likeness (QED) is 0.650. The first-order valence-corrected chi connectivity index (χ1v) is 4.11. The number of aromatic nitrogens is 1. The number of nitrogens with zero attached hydrogens (tertiary/aromatic N) is 2. The largest absolute Gasteiger partial charge is 0.478 e. The standard InChI is InChI=1S/C9H12N2O2/c1-6-4-10-9(12-3)8-7(6)11(2)5-13-8/h4H,5H2,1-3H3. The fraction of sp³-hybridized carbons (Fsp3) is 0.444. The van der Waals surface area contributed by atoms with Crippen molar-refractivity contribution in [1.82, 2.24) is 4.98 Å². The Bertz CT molecular complexity index is 339. The molecule has 0 N–H and O–H groups in total. The SMILES string of the molecule is COc1ncc(C)c2c1OCN2C. The van der Waals surface area contributed by atoms with Gasteiger partial charge in [-0.25, -0.2) is 4.98 Å². The van der Waals surface area contributed by atoms with Crippen molar-refractivity contribution in [2.24, 2.45) is 0 Å². The molecular formula is C9H12N2O2. The molecule has 70 valence electrons. The van der Waals surface area contributed by atoms with Crippen molar-refractivity contribution in [1.29, 1.82) is 0 Å². The van der Waals surface area contributed by atoms with Crippen LogP contribution in [0.3, 0.4) is 0 Å². The van der Waals surface area contributed by atoms with Crippen LogP contribution in [0, 0.1) is 6.92 Å². The molecule has 0 atom stereocenters. The molecule has 1 aromatic rings. The Morgan fingerprint density at radius 1 is 1.62 bits per heavy atom. The summed E-state index contributed by atoms with van der Waals surface area (Å²) >= 11 is 0. The Morgan fingerprint density at radius 2 is 2.38 bits per heavy atom. The van der Waals surface area contributed by atoms with E-state index in [-0.39, 0.29) is 0 Å². The van der Waals surface area contributed by atoms with Gasteiger partial charge in [-0.2, -0.15) is 0 Å². The molecule has 0 saturated heterocycles. The van der Waals surface area contributed by atoms with E-state index in [1.807, 2.05) is 18.9 Å². The van der Waals surface area contributed by atoms with Crippen molar-refractivity contribution >= 4 is 5.69 Å². The topological polar surface area (TPSA) is 34.6 Å². The molecule has 0 saturated carbocycles. The van der Waals surface area contributed by atoms with Gasteiger partial charge in [0.15, 0.2) is 6.73 Å². The van der Waals surface area contributed by atoms with Crippen molar-refractivity contribution in [2.75, 3.05) is 25.8 Å². The molecule has 2 rings (SSSR count). The predicted octanol–water partition coefficient (Wildman–Crippen LogP) is 1.18. The summed E-state index contributed by atoms with van der Waals surface area (Å²) in [4.78, 5) is 6.17. The average Bonchev–Trinajstić information content (AvgIpc) is 2.50. The molecule has 0 fully saturated rings. The summed E-state index contributed by atoms with van der Waals surface area (Å²) < 4.78 is 10.5. The van der Waals surface area contributed by atoms with Crippen molar-refractivity contribution in [3.05, 3.63) is 11.8 Å². The van der Waals surface area contributed by atoms with Gasteiger partial charge in [0.2, 0.25) is 5.75 Å². The zero-order valence-electron chi connectivity index (χ0n) is 8.00. The molecule has 2 heterocycles. The van der Waals surface area contributed by atoms with Crippen LogP contribution < -0.4 is 14.4 Å². The van der Waals surface area contributed by atoms with E-state index in [0.29, 0.717) is 12.6 Å². The zero-order valence-corrected chi connectivity index (χ0v) is 8.00. The predicted molar refractivity (Wildman–Crippen MR) is 49.4 cm³/mol. The van der Waals surface area contributed by atoms with Crippen LogP contribution >= 0.6 is 0 Å². The third-order valence-corrected chi connectivity index (χ3v) is 2.14. The van der Waals surface area contributed by atoms with E-state index < -0.39 is 0 Å². The maximum atomic E-state index is 5.45. The minimum atomic E-state index is 0.560. The van der Waals surface area contributed by atoms with E-state index in [0.717, 1.165) is 17.0 Å². The summed E-state index contributed by atoms with van der Waals surface area (Å²) in [6, 6.07) is 0. The number of hydrogen-bond donors (Lipinski definition) is 0. The summed E-state index contributed by atoms with van der Waals surface area (Å²) in [6.45, 7) is 2.58. The highest BCUT2D eigenvalue weighted by molar-refractivity contribution is 5.68. The maximum Gasteiger partial charge on any atom is 0.259 e. The Morgan fingerprint density at radius 3 is 3.08 bits per heavy atom. The summed E-state index contributed by atoms with van der Waals surface area (Å²) in [5, 5.41) is 0. The van der Waals surface area contributed by atoms with Gasteiger partial charge in [-0.15, -0.1) is 0 Å². The lowest BCUT2D eigenvalue weighted by Crippen LogP contribution is -2.15. The van der Waals surface area contributed by atoms with Gasteiger partial charge in [0.05, 0.1) is 12.8 Å². The van der Waals surface area contributed by atoms with Crippen molar-refractivity contribution < 1.29 is 9.47 Å². The van der Waals surface area contributed by atoms with Crippen LogP contribution in [0.4, 0.5) is 5.69 Å². The van der Waals surface area contributed by atoms with Crippen LogP contribution in [0.25, 0.3) is 0 Å². The Hall–Kier alpha value is -1.45. The fourth-order valence-corrected chi connectivity index (χ4v) is 1.53. The number of fused-ring (bicyclic) bond motifs is 1. The highest BCUT2D eigenvalue weighted by Gasteiger charge is 2.24. The second-order valence-electron chi connectivity index (χ2n) is 3.10.